The predicted octanol–water partition coefficient (Wildman–Crippen LogP) is 4.43. The van der Waals surface area contributed by atoms with Crippen molar-refractivity contribution >= 4 is 39.2 Å². The van der Waals surface area contributed by atoms with Crippen molar-refractivity contribution in [1.82, 2.24) is 15.3 Å². The number of thiophene rings is 1. The number of fused-ring (bicyclic) bond motifs is 1. The number of aryl methyl sites for hydroxylation is 3. The van der Waals surface area contributed by atoms with E-state index in [1.165, 1.54) is 23.1 Å². The van der Waals surface area contributed by atoms with Gasteiger partial charge in [0, 0.05) is 4.88 Å². The lowest BCUT2D eigenvalue weighted by atomic mass is 10.0. The summed E-state index contributed by atoms with van der Waals surface area (Å²) in [5.74, 6) is 2.23. The van der Waals surface area contributed by atoms with Crippen LogP contribution in [-0.2, 0) is 10.5 Å². The van der Waals surface area contributed by atoms with Crippen LogP contribution in [-0.4, -0.2) is 35.3 Å². The molecule has 0 radical (unpaired) electrons. The molecule has 1 aromatic carbocycles. The smallest absolute Gasteiger partial charge is 0.259 e. The molecule has 0 saturated carbocycles. The first kappa shape index (κ1) is 24.1. The molecule has 1 amide bonds. The van der Waals surface area contributed by atoms with Gasteiger partial charge in [-0.05, 0) is 63.4 Å². The van der Waals surface area contributed by atoms with Gasteiger partial charge in [-0.25, -0.2) is 4.98 Å². The molecule has 2 heterocycles. The Bertz CT molecular complexity index is 1200. The van der Waals surface area contributed by atoms with Gasteiger partial charge in [-0.1, -0.05) is 0 Å². The molecule has 3 rings (SSSR count). The Morgan fingerprint density at radius 3 is 2.50 bits per heavy atom. The van der Waals surface area contributed by atoms with E-state index in [1.807, 2.05) is 46.8 Å². The topological polar surface area (TPSA) is 93.3 Å². The molecule has 2 N–H and O–H groups in total. The third-order valence-electron chi connectivity index (χ3n) is 5.52. The van der Waals surface area contributed by atoms with Crippen LogP contribution < -0.4 is 20.3 Å². The van der Waals surface area contributed by atoms with Gasteiger partial charge >= 0.3 is 0 Å². The molecule has 32 heavy (non-hydrogen) atoms. The highest BCUT2D eigenvalue weighted by atomic mass is 32.2. The summed E-state index contributed by atoms with van der Waals surface area (Å²) in [5, 5.41) is 3.41. The van der Waals surface area contributed by atoms with Crippen LogP contribution in [0.1, 0.15) is 47.3 Å². The molecule has 0 aliphatic carbocycles. The van der Waals surface area contributed by atoms with Crippen molar-refractivity contribution in [3.05, 3.63) is 49.9 Å². The Hall–Kier alpha value is -2.52. The van der Waals surface area contributed by atoms with E-state index in [1.54, 1.807) is 14.2 Å². The van der Waals surface area contributed by atoms with Gasteiger partial charge in [0.1, 0.15) is 10.7 Å². The lowest BCUT2D eigenvalue weighted by molar-refractivity contribution is -0.120. The molecule has 9 heteroatoms. The summed E-state index contributed by atoms with van der Waals surface area (Å²) in [6.07, 6.45) is 0. The third kappa shape index (κ3) is 4.94. The molecule has 0 spiro atoms. The van der Waals surface area contributed by atoms with E-state index in [-0.39, 0.29) is 22.8 Å². The first-order valence-corrected chi connectivity index (χ1v) is 12.2. The van der Waals surface area contributed by atoms with Crippen molar-refractivity contribution in [2.75, 3.05) is 14.2 Å². The van der Waals surface area contributed by atoms with Gasteiger partial charge in [0.25, 0.3) is 5.56 Å². The number of hydrogen-bond acceptors (Lipinski definition) is 7. The molecular formula is C23H29N3O4S2. The standard InChI is InChI=1S/C23H29N3O4S2/c1-11-8-17(29-6)18(30-7)9-16(11)13(3)24-21(27)15(5)31-10-19-25-22(28)20-12(2)14(4)32-23(20)26-19/h8-9,13,15H,10H2,1-7H3,(H,24,27)(H,25,26,28). The minimum absolute atomic E-state index is 0.0806. The number of aromatic nitrogens is 2. The Balaban J connectivity index is 1.66. The highest BCUT2D eigenvalue weighted by Crippen LogP contribution is 2.33. The van der Waals surface area contributed by atoms with Crippen LogP contribution in [0.3, 0.4) is 0 Å². The number of nitrogens with zero attached hydrogens (tertiary/aromatic N) is 1. The van der Waals surface area contributed by atoms with Crippen LogP contribution >= 0.6 is 23.1 Å². The maximum Gasteiger partial charge on any atom is 0.259 e. The van der Waals surface area contributed by atoms with E-state index in [0.29, 0.717) is 28.5 Å². The van der Waals surface area contributed by atoms with E-state index in [2.05, 4.69) is 15.3 Å². The number of rotatable bonds is 8. The lowest BCUT2D eigenvalue weighted by Crippen LogP contribution is -2.33. The number of hydrogen-bond donors (Lipinski definition) is 2. The van der Waals surface area contributed by atoms with E-state index >= 15 is 0 Å². The fourth-order valence-corrected chi connectivity index (χ4v) is 5.33. The van der Waals surface area contributed by atoms with Crippen molar-refractivity contribution in [2.45, 2.75) is 51.7 Å². The molecule has 172 valence electrons. The van der Waals surface area contributed by atoms with E-state index < -0.39 is 0 Å². The Labute approximate surface area is 195 Å². The highest BCUT2D eigenvalue weighted by Gasteiger charge is 2.20. The average molecular weight is 476 g/mol. The van der Waals surface area contributed by atoms with Gasteiger partial charge in [-0.3, -0.25) is 9.59 Å². The fraction of sp³-hybridized carbons (Fsp3) is 0.435. The molecule has 0 aliphatic heterocycles. The summed E-state index contributed by atoms with van der Waals surface area (Å²) in [4.78, 5) is 34.5. The molecule has 2 atom stereocenters. The molecule has 0 aliphatic rings. The Morgan fingerprint density at radius 1 is 1.19 bits per heavy atom. The van der Waals surface area contributed by atoms with Crippen LogP contribution in [0.4, 0.5) is 0 Å². The number of nitrogens with one attached hydrogen (secondary N) is 2. The SMILES string of the molecule is COc1cc(C)c(C(C)NC(=O)C(C)SCc2nc3sc(C)c(C)c3c(=O)[nH]2)cc1OC. The number of H-pyrrole nitrogens is 1. The third-order valence-corrected chi connectivity index (χ3v) is 7.78. The second-order valence-corrected chi connectivity index (χ2v) is 10.3. The summed E-state index contributed by atoms with van der Waals surface area (Å²) in [6.45, 7) is 9.70. The minimum Gasteiger partial charge on any atom is -0.493 e. The largest absolute Gasteiger partial charge is 0.493 e. The zero-order valence-corrected chi connectivity index (χ0v) is 21.0. The molecule has 7 nitrogen and oxygen atoms in total. The maximum absolute atomic E-state index is 12.8. The van der Waals surface area contributed by atoms with Crippen molar-refractivity contribution < 1.29 is 14.3 Å². The van der Waals surface area contributed by atoms with Gasteiger partial charge in [0.15, 0.2) is 11.5 Å². The second-order valence-electron chi connectivity index (χ2n) is 7.72. The van der Waals surface area contributed by atoms with Gasteiger partial charge in [-0.2, -0.15) is 0 Å². The second kappa shape index (κ2) is 9.95. The van der Waals surface area contributed by atoms with Crippen molar-refractivity contribution in [2.24, 2.45) is 0 Å². The van der Waals surface area contributed by atoms with Crippen LogP contribution in [0.25, 0.3) is 10.2 Å². The van der Waals surface area contributed by atoms with Gasteiger partial charge in [0.2, 0.25) is 5.91 Å². The molecule has 2 aromatic heterocycles. The summed E-state index contributed by atoms with van der Waals surface area (Å²) in [7, 11) is 3.19. The van der Waals surface area contributed by atoms with E-state index in [4.69, 9.17) is 9.47 Å². The normalized spacial score (nSPS) is 13.1. The van der Waals surface area contributed by atoms with Crippen LogP contribution in [0.15, 0.2) is 16.9 Å². The predicted molar refractivity (Wildman–Crippen MR) is 131 cm³/mol. The van der Waals surface area contributed by atoms with Crippen LogP contribution in [0, 0.1) is 20.8 Å². The first-order chi connectivity index (χ1) is 15.2. The number of aromatic amines is 1. The highest BCUT2D eigenvalue weighted by molar-refractivity contribution is 7.99. The van der Waals surface area contributed by atoms with Crippen molar-refractivity contribution in [1.29, 1.82) is 0 Å². The van der Waals surface area contributed by atoms with Crippen molar-refractivity contribution in [3.63, 3.8) is 0 Å². The van der Waals surface area contributed by atoms with Gasteiger partial charge in [-0.15, -0.1) is 23.1 Å². The zero-order valence-electron chi connectivity index (χ0n) is 19.4. The number of amides is 1. The molecule has 3 aromatic rings. The zero-order chi connectivity index (χ0) is 23.6. The van der Waals surface area contributed by atoms with Gasteiger partial charge in [0.05, 0.1) is 36.7 Å². The van der Waals surface area contributed by atoms with Crippen LogP contribution in [0.2, 0.25) is 0 Å². The quantitative estimate of drug-likeness (QED) is 0.501. The van der Waals surface area contributed by atoms with E-state index in [0.717, 1.165) is 26.4 Å². The lowest BCUT2D eigenvalue weighted by Gasteiger charge is -2.21. The Kier molecular flexibility index (Phi) is 7.51. The molecule has 2 unspecified atom stereocenters. The number of carbonyl (C=O) groups is 1. The number of ether oxygens (including phenoxy) is 2. The number of methoxy groups -OCH3 is 2. The number of carbonyl (C=O) groups excluding carboxylic acids is 1. The molecular weight excluding hydrogens is 446 g/mol. The van der Waals surface area contributed by atoms with Crippen molar-refractivity contribution in [3.8, 4) is 11.5 Å². The summed E-state index contributed by atoms with van der Waals surface area (Å²) in [5.41, 5.74) is 2.83. The van der Waals surface area contributed by atoms with E-state index in [9.17, 15) is 9.59 Å². The summed E-state index contributed by atoms with van der Waals surface area (Å²) < 4.78 is 10.7. The molecule has 0 saturated heterocycles. The van der Waals surface area contributed by atoms with Crippen LogP contribution in [0.5, 0.6) is 11.5 Å². The number of benzene rings is 1. The summed E-state index contributed by atoms with van der Waals surface area (Å²) >= 11 is 2.96. The average Bonchev–Trinajstić information content (AvgIpc) is 3.05. The maximum atomic E-state index is 12.8. The fourth-order valence-electron chi connectivity index (χ4n) is 3.52. The Morgan fingerprint density at radius 2 is 1.84 bits per heavy atom. The minimum atomic E-state index is -0.314. The molecule has 0 fully saturated rings. The molecule has 0 bridgehead atoms. The monoisotopic (exact) mass is 475 g/mol. The number of thioether (sulfide) groups is 1. The van der Waals surface area contributed by atoms with Gasteiger partial charge < -0.3 is 19.8 Å². The first-order valence-electron chi connectivity index (χ1n) is 10.3. The summed E-state index contributed by atoms with van der Waals surface area (Å²) in [6, 6.07) is 3.60.